The van der Waals surface area contributed by atoms with Crippen LogP contribution in [0.1, 0.15) is 12.0 Å². The molecule has 4 heteroatoms. The molecule has 0 atom stereocenters. The number of fused-ring (bicyclic) bond motifs is 1. The van der Waals surface area contributed by atoms with Gasteiger partial charge in [0.2, 0.25) is 0 Å². The Morgan fingerprint density at radius 1 is 1.00 bits per heavy atom. The van der Waals surface area contributed by atoms with Crippen molar-refractivity contribution in [2.75, 3.05) is 5.75 Å². The third-order valence-corrected chi connectivity index (χ3v) is 4.71. The molecule has 3 rings (SSSR count). The maximum atomic E-state index is 12.1. The van der Waals surface area contributed by atoms with Crippen LogP contribution in [0.3, 0.4) is 0 Å². The van der Waals surface area contributed by atoms with Crippen molar-refractivity contribution in [3.63, 3.8) is 0 Å². The molecule has 0 saturated heterocycles. The third-order valence-electron chi connectivity index (χ3n) is 3.55. The number of aromatic nitrogens is 1. The fraction of sp³-hybridized carbons (Fsp3) is 0.167. The zero-order chi connectivity index (χ0) is 15.4. The molecule has 0 spiro atoms. The Morgan fingerprint density at radius 3 is 2.55 bits per heavy atom. The van der Waals surface area contributed by atoms with E-state index < -0.39 is 0 Å². The van der Waals surface area contributed by atoms with E-state index in [1.165, 1.54) is 17.3 Å². The van der Waals surface area contributed by atoms with Crippen molar-refractivity contribution in [2.45, 2.75) is 17.7 Å². The molecule has 2 N–H and O–H groups in total. The Kier molecular flexibility index (Phi) is 4.49. The highest BCUT2D eigenvalue weighted by Crippen LogP contribution is 2.31. The summed E-state index contributed by atoms with van der Waals surface area (Å²) < 4.78 is 0. The van der Waals surface area contributed by atoms with Crippen molar-refractivity contribution in [1.82, 2.24) is 4.98 Å². The molecule has 3 nitrogen and oxygen atoms in total. The first-order chi connectivity index (χ1) is 10.8. The maximum absolute atomic E-state index is 12.1. The molecular weight excluding hydrogens is 294 g/mol. The lowest BCUT2D eigenvalue weighted by Crippen LogP contribution is -2.09. The van der Waals surface area contributed by atoms with Crippen LogP contribution in [0.5, 0.6) is 5.75 Å². The molecule has 0 bridgehead atoms. The second-order valence-electron chi connectivity index (χ2n) is 5.12. The van der Waals surface area contributed by atoms with E-state index >= 15 is 0 Å². The van der Waals surface area contributed by atoms with Gasteiger partial charge in [-0.1, -0.05) is 42.5 Å². The first-order valence-electron chi connectivity index (χ1n) is 7.26. The summed E-state index contributed by atoms with van der Waals surface area (Å²) in [5, 5.41) is 11.0. The van der Waals surface area contributed by atoms with Gasteiger partial charge < -0.3 is 10.1 Å². The number of nitrogens with one attached hydrogen (secondary N) is 1. The summed E-state index contributed by atoms with van der Waals surface area (Å²) in [5.74, 6) is 0.883. The molecule has 0 saturated carbocycles. The van der Waals surface area contributed by atoms with Gasteiger partial charge in [-0.05, 0) is 36.3 Å². The molecule has 0 aliphatic heterocycles. The van der Waals surface area contributed by atoms with E-state index in [-0.39, 0.29) is 11.3 Å². The highest BCUT2D eigenvalue weighted by atomic mass is 32.2. The van der Waals surface area contributed by atoms with E-state index in [2.05, 4.69) is 17.1 Å². The molecule has 2 aromatic carbocycles. The van der Waals surface area contributed by atoms with E-state index in [1.807, 2.05) is 36.4 Å². The van der Waals surface area contributed by atoms with Crippen LogP contribution in [0.2, 0.25) is 0 Å². The summed E-state index contributed by atoms with van der Waals surface area (Å²) in [5.41, 5.74) is 1.74. The van der Waals surface area contributed by atoms with Crippen molar-refractivity contribution in [1.29, 1.82) is 0 Å². The fourth-order valence-corrected chi connectivity index (χ4v) is 3.36. The number of pyridine rings is 1. The Labute approximate surface area is 133 Å². The molecular formula is C18H17NO2S. The number of benzene rings is 2. The quantitative estimate of drug-likeness (QED) is 0.554. The van der Waals surface area contributed by atoms with E-state index in [0.717, 1.165) is 18.6 Å². The van der Waals surface area contributed by atoms with Gasteiger partial charge in [0.25, 0.3) is 5.56 Å². The number of hydrogen-bond donors (Lipinski definition) is 2. The second-order valence-corrected chi connectivity index (χ2v) is 6.22. The smallest absolute Gasteiger partial charge is 0.265 e. The molecule has 22 heavy (non-hydrogen) atoms. The predicted molar refractivity (Wildman–Crippen MR) is 91.7 cm³/mol. The van der Waals surface area contributed by atoms with Gasteiger partial charge in [0.15, 0.2) is 0 Å². The highest BCUT2D eigenvalue weighted by Gasteiger charge is 2.11. The third kappa shape index (κ3) is 3.17. The number of thioether (sulfide) groups is 1. The van der Waals surface area contributed by atoms with Crippen LogP contribution >= 0.6 is 11.8 Å². The van der Waals surface area contributed by atoms with Crippen LogP contribution in [0.4, 0.5) is 0 Å². The monoisotopic (exact) mass is 311 g/mol. The van der Waals surface area contributed by atoms with Gasteiger partial charge in [-0.15, -0.1) is 11.8 Å². The van der Waals surface area contributed by atoms with Gasteiger partial charge in [0.05, 0.1) is 5.52 Å². The zero-order valence-corrected chi connectivity index (χ0v) is 12.9. The molecule has 0 aliphatic carbocycles. The second kappa shape index (κ2) is 6.71. The van der Waals surface area contributed by atoms with Gasteiger partial charge in [0.1, 0.15) is 10.6 Å². The molecule has 3 aromatic rings. The number of aromatic hydroxyl groups is 1. The number of rotatable bonds is 5. The van der Waals surface area contributed by atoms with Crippen LogP contribution < -0.4 is 5.56 Å². The standard InChI is InChI=1S/C18H17NO2S/c20-16-14-10-4-5-11-15(14)19-18(21)17(16)22-12-6-9-13-7-2-1-3-8-13/h1-5,7-8,10-11H,6,9,12H2,(H2,19,20,21). The lowest BCUT2D eigenvalue weighted by atomic mass is 10.1. The topological polar surface area (TPSA) is 53.1 Å². The molecule has 112 valence electrons. The Bertz CT molecular complexity index is 827. The first-order valence-corrected chi connectivity index (χ1v) is 8.25. The highest BCUT2D eigenvalue weighted by molar-refractivity contribution is 7.99. The van der Waals surface area contributed by atoms with Crippen molar-refractivity contribution in [2.24, 2.45) is 0 Å². The van der Waals surface area contributed by atoms with Crippen LogP contribution in [0.25, 0.3) is 10.9 Å². The minimum Gasteiger partial charge on any atom is -0.506 e. The van der Waals surface area contributed by atoms with Gasteiger partial charge in [-0.3, -0.25) is 4.79 Å². The Hall–Kier alpha value is -2.20. The molecule has 1 aromatic heterocycles. The lowest BCUT2D eigenvalue weighted by molar-refractivity contribution is 0.467. The largest absolute Gasteiger partial charge is 0.506 e. The summed E-state index contributed by atoms with van der Waals surface area (Å²) >= 11 is 1.41. The average Bonchev–Trinajstić information content (AvgIpc) is 2.55. The molecule has 0 radical (unpaired) electrons. The average molecular weight is 311 g/mol. The molecule has 1 heterocycles. The Balaban J connectivity index is 1.70. The van der Waals surface area contributed by atoms with Crippen molar-refractivity contribution >= 4 is 22.7 Å². The van der Waals surface area contributed by atoms with Crippen molar-refractivity contribution in [3.8, 4) is 5.75 Å². The van der Waals surface area contributed by atoms with Crippen LogP contribution in [-0.4, -0.2) is 15.8 Å². The van der Waals surface area contributed by atoms with Crippen LogP contribution in [-0.2, 0) is 6.42 Å². The van der Waals surface area contributed by atoms with Crippen LogP contribution in [0, 0.1) is 0 Å². The summed E-state index contributed by atoms with van der Waals surface area (Å²) in [4.78, 5) is 15.3. The minimum absolute atomic E-state index is 0.0871. The fourth-order valence-electron chi connectivity index (χ4n) is 2.44. The SMILES string of the molecule is O=c1[nH]c2ccccc2c(O)c1SCCCc1ccccc1. The number of hydrogen-bond acceptors (Lipinski definition) is 3. The first kappa shape index (κ1) is 14.7. The number of para-hydroxylation sites is 1. The lowest BCUT2D eigenvalue weighted by Gasteiger charge is -2.07. The van der Waals surface area contributed by atoms with Crippen molar-refractivity contribution < 1.29 is 5.11 Å². The van der Waals surface area contributed by atoms with E-state index in [4.69, 9.17) is 0 Å². The number of aryl methyl sites for hydroxylation is 1. The van der Waals surface area contributed by atoms with E-state index in [0.29, 0.717) is 15.8 Å². The molecule has 0 amide bonds. The Morgan fingerprint density at radius 2 is 1.73 bits per heavy atom. The molecule has 0 unspecified atom stereocenters. The summed E-state index contributed by atoms with van der Waals surface area (Å²) in [6.45, 7) is 0. The van der Waals surface area contributed by atoms with Gasteiger partial charge in [-0.25, -0.2) is 0 Å². The number of H-pyrrole nitrogens is 1. The van der Waals surface area contributed by atoms with E-state index in [9.17, 15) is 9.90 Å². The molecule has 0 fully saturated rings. The summed E-state index contributed by atoms with van der Waals surface area (Å²) in [6, 6.07) is 17.6. The van der Waals surface area contributed by atoms with Crippen LogP contribution in [0.15, 0.2) is 64.3 Å². The molecule has 0 aliphatic rings. The maximum Gasteiger partial charge on any atom is 0.265 e. The minimum atomic E-state index is -0.221. The van der Waals surface area contributed by atoms with Gasteiger partial charge in [-0.2, -0.15) is 0 Å². The summed E-state index contributed by atoms with van der Waals surface area (Å²) in [6.07, 6.45) is 1.93. The zero-order valence-electron chi connectivity index (χ0n) is 12.1. The van der Waals surface area contributed by atoms with Gasteiger partial charge >= 0.3 is 0 Å². The van der Waals surface area contributed by atoms with E-state index in [1.54, 1.807) is 6.07 Å². The normalized spacial score (nSPS) is 10.9. The number of aromatic amines is 1. The van der Waals surface area contributed by atoms with Gasteiger partial charge in [0, 0.05) is 5.39 Å². The predicted octanol–water partition coefficient (Wildman–Crippen LogP) is 3.96. The van der Waals surface area contributed by atoms with Crippen molar-refractivity contribution in [3.05, 3.63) is 70.5 Å². The summed E-state index contributed by atoms with van der Waals surface area (Å²) in [7, 11) is 0.